The van der Waals surface area contributed by atoms with Crippen molar-refractivity contribution in [3.05, 3.63) is 75.8 Å². The maximum atomic E-state index is 12.2. The summed E-state index contributed by atoms with van der Waals surface area (Å²) in [5, 5.41) is 1.07. The molecule has 0 saturated heterocycles. The van der Waals surface area contributed by atoms with Gasteiger partial charge in [-0.25, -0.2) is 4.79 Å². The molecule has 0 bridgehead atoms. The van der Waals surface area contributed by atoms with Gasteiger partial charge in [0.15, 0.2) is 6.10 Å². The second-order valence-electron chi connectivity index (χ2n) is 4.84. The number of benzene rings is 2. The van der Waals surface area contributed by atoms with E-state index in [2.05, 4.69) is 0 Å². The van der Waals surface area contributed by atoms with Crippen molar-refractivity contribution >= 4 is 41.0 Å². The number of halogens is 2. The minimum absolute atomic E-state index is 0.305. The quantitative estimate of drug-likeness (QED) is 0.442. The van der Waals surface area contributed by atoms with Crippen LogP contribution in [0.1, 0.15) is 22.8 Å². The Morgan fingerprint density at radius 3 is 2.39 bits per heavy atom. The number of carbonyl (C=O) groups is 2. The molecule has 1 atom stereocenters. The highest BCUT2D eigenvalue weighted by atomic mass is 35.5. The summed E-state index contributed by atoms with van der Waals surface area (Å²) in [7, 11) is 0. The van der Waals surface area contributed by atoms with Gasteiger partial charge in [0.2, 0.25) is 5.78 Å². The Morgan fingerprint density at radius 2 is 1.74 bits per heavy atom. The fraction of sp³-hybridized carbons (Fsp3) is 0.111. The molecule has 5 heteroatoms. The maximum absolute atomic E-state index is 12.2. The molecule has 0 aliphatic heterocycles. The molecule has 3 nitrogen and oxygen atoms in total. The number of Topliss-reactive ketones (excluding diaryl/α,β-unsaturated/α-hetero) is 1. The molecular formula is C18H14Cl2O3. The Morgan fingerprint density at radius 1 is 1.04 bits per heavy atom. The zero-order valence-corrected chi connectivity index (χ0v) is 13.8. The van der Waals surface area contributed by atoms with Crippen LogP contribution < -0.4 is 0 Å². The minimum atomic E-state index is -0.893. The topological polar surface area (TPSA) is 43.4 Å². The van der Waals surface area contributed by atoms with E-state index in [1.54, 1.807) is 48.5 Å². The molecule has 0 heterocycles. The maximum Gasteiger partial charge on any atom is 0.331 e. The van der Waals surface area contributed by atoms with Crippen LogP contribution in [0.4, 0.5) is 0 Å². The molecule has 0 fully saturated rings. The molecule has 0 aliphatic rings. The van der Waals surface area contributed by atoms with Crippen LogP contribution in [0, 0.1) is 0 Å². The van der Waals surface area contributed by atoms with E-state index in [1.165, 1.54) is 19.1 Å². The summed E-state index contributed by atoms with van der Waals surface area (Å²) < 4.78 is 5.11. The first-order valence-electron chi connectivity index (χ1n) is 6.90. The Balaban J connectivity index is 1.96. The Kier molecular flexibility index (Phi) is 5.97. The van der Waals surface area contributed by atoms with Crippen molar-refractivity contribution in [2.45, 2.75) is 13.0 Å². The van der Waals surface area contributed by atoms with Crippen LogP contribution >= 0.6 is 23.2 Å². The van der Waals surface area contributed by atoms with E-state index in [9.17, 15) is 9.59 Å². The summed E-state index contributed by atoms with van der Waals surface area (Å²) in [6.07, 6.45) is 1.97. The van der Waals surface area contributed by atoms with E-state index < -0.39 is 12.1 Å². The zero-order valence-electron chi connectivity index (χ0n) is 12.3. The average Bonchev–Trinajstić information content (AvgIpc) is 2.53. The standard InChI is InChI=1S/C18H14Cl2O3/c1-12(18(22)14-3-2-4-16(20)11-14)23-17(21)10-7-13-5-8-15(19)9-6-13/h2-12H,1H3/b10-7+. The van der Waals surface area contributed by atoms with Gasteiger partial charge in [0.1, 0.15) is 0 Å². The molecule has 2 aromatic rings. The lowest BCUT2D eigenvalue weighted by Crippen LogP contribution is -2.23. The molecule has 1 unspecified atom stereocenters. The molecular weight excluding hydrogens is 335 g/mol. The van der Waals surface area contributed by atoms with Gasteiger partial charge in [0, 0.05) is 21.7 Å². The van der Waals surface area contributed by atoms with E-state index >= 15 is 0 Å². The highest BCUT2D eigenvalue weighted by Gasteiger charge is 2.18. The average molecular weight is 349 g/mol. The zero-order chi connectivity index (χ0) is 16.8. The van der Waals surface area contributed by atoms with E-state index in [0.717, 1.165) is 5.56 Å². The number of ketones is 1. The second kappa shape index (κ2) is 7.95. The van der Waals surface area contributed by atoms with Crippen molar-refractivity contribution in [1.82, 2.24) is 0 Å². The van der Waals surface area contributed by atoms with E-state index in [0.29, 0.717) is 15.6 Å². The Bertz CT molecular complexity index is 736. The highest BCUT2D eigenvalue weighted by molar-refractivity contribution is 6.31. The molecule has 0 radical (unpaired) electrons. The van der Waals surface area contributed by atoms with Gasteiger partial charge in [0.25, 0.3) is 0 Å². The van der Waals surface area contributed by atoms with Crippen molar-refractivity contribution < 1.29 is 14.3 Å². The lowest BCUT2D eigenvalue weighted by Gasteiger charge is -2.11. The van der Waals surface area contributed by atoms with Crippen LogP contribution in [0.5, 0.6) is 0 Å². The molecule has 0 aliphatic carbocycles. The first-order valence-corrected chi connectivity index (χ1v) is 7.65. The van der Waals surface area contributed by atoms with Gasteiger partial charge in [-0.05, 0) is 42.8 Å². The molecule has 118 valence electrons. The molecule has 2 rings (SSSR count). The normalized spacial score (nSPS) is 12.1. The first kappa shape index (κ1) is 17.3. The minimum Gasteiger partial charge on any atom is -0.451 e. The molecule has 0 aromatic heterocycles. The predicted molar refractivity (Wildman–Crippen MR) is 91.8 cm³/mol. The van der Waals surface area contributed by atoms with E-state index in [-0.39, 0.29) is 5.78 Å². The molecule has 2 aromatic carbocycles. The van der Waals surface area contributed by atoms with Crippen molar-refractivity contribution in [1.29, 1.82) is 0 Å². The summed E-state index contributed by atoms with van der Waals surface area (Å²) in [4.78, 5) is 24.0. The smallest absolute Gasteiger partial charge is 0.331 e. The third-order valence-corrected chi connectivity index (χ3v) is 3.54. The monoisotopic (exact) mass is 348 g/mol. The molecule has 0 spiro atoms. The van der Waals surface area contributed by atoms with Gasteiger partial charge in [0.05, 0.1) is 0 Å². The third kappa shape index (κ3) is 5.23. The summed E-state index contributed by atoms with van der Waals surface area (Å²) in [6.45, 7) is 1.53. The highest BCUT2D eigenvalue weighted by Crippen LogP contribution is 2.14. The lowest BCUT2D eigenvalue weighted by molar-refractivity contribution is -0.140. The number of hydrogen-bond donors (Lipinski definition) is 0. The van der Waals surface area contributed by atoms with Gasteiger partial charge in [-0.2, -0.15) is 0 Å². The lowest BCUT2D eigenvalue weighted by atomic mass is 10.1. The molecule has 0 saturated carbocycles. The SMILES string of the molecule is CC(OC(=O)/C=C/c1ccc(Cl)cc1)C(=O)c1cccc(Cl)c1. The summed E-state index contributed by atoms with van der Waals surface area (Å²) in [6, 6.07) is 13.5. The number of ether oxygens (including phenoxy) is 1. The second-order valence-corrected chi connectivity index (χ2v) is 5.71. The van der Waals surface area contributed by atoms with E-state index in [4.69, 9.17) is 27.9 Å². The van der Waals surface area contributed by atoms with Gasteiger partial charge < -0.3 is 4.74 Å². The number of hydrogen-bond acceptors (Lipinski definition) is 3. The fourth-order valence-electron chi connectivity index (χ4n) is 1.88. The van der Waals surface area contributed by atoms with Gasteiger partial charge in [-0.3, -0.25) is 4.79 Å². The molecule has 0 N–H and O–H groups in total. The summed E-state index contributed by atoms with van der Waals surface area (Å²) >= 11 is 11.6. The van der Waals surface area contributed by atoms with Gasteiger partial charge >= 0.3 is 5.97 Å². The first-order chi connectivity index (χ1) is 11.0. The van der Waals surface area contributed by atoms with Crippen LogP contribution in [-0.2, 0) is 9.53 Å². The Hall–Kier alpha value is -2.10. The van der Waals surface area contributed by atoms with Crippen LogP contribution in [0.25, 0.3) is 6.08 Å². The number of rotatable bonds is 5. The third-order valence-electron chi connectivity index (χ3n) is 3.05. The van der Waals surface area contributed by atoms with Crippen LogP contribution in [0.3, 0.4) is 0 Å². The van der Waals surface area contributed by atoms with Gasteiger partial charge in [-0.1, -0.05) is 47.5 Å². The predicted octanol–water partition coefficient (Wildman–Crippen LogP) is 4.82. The Labute approximate surface area is 144 Å². The van der Waals surface area contributed by atoms with Gasteiger partial charge in [-0.15, -0.1) is 0 Å². The van der Waals surface area contributed by atoms with Crippen LogP contribution in [0.2, 0.25) is 10.0 Å². The van der Waals surface area contributed by atoms with Crippen molar-refractivity contribution in [2.75, 3.05) is 0 Å². The van der Waals surface area contributed by atoms with E-state index in [1.807, 2.05) is 0 Å². The summed E-state index contributed by atoms with van der Waals surface area (Å²) in [5.74, 6) is -0.899. The largest absolute Gasteiger partial charge is 0.451 e. The number of esters is 1. The molecule has 0 amide bonds. The van der Waals surface area contributed by atoms with Crippen LogP contribution in [-0.4, -0.2) is 17.9 Å². The van der Waals surface area contributed by atoms with Crippen LogP contribution in [0.15, 0.2) is 54.6 Å². The molecule has 23 heavy (non-hydrogen) atoms. The van der Waals surface area contributed by atoms with Crippen molar-refractivity contribution in [3.63, 3.8) is 0 Å². The number of carbonyl (C=O) groups excluding carboxylic acids is 2. The van der Waals surface area contributed by atoms with Crippen molar-refractivity contribution in [2.24, 2.45) is 0 Å². The fourth-order valence-corrected chi connectivity index (χ4v) is 2.20. The summed E-state index contributed by atoms with van der Waals surface area (Å²) in [5.41, 5.74) is 1.21. The van der Waals surface area contributed by atoms with Crippen molar-refractivity contribution in [3.8, 4) is 0 Å².